The molecule has 0 radical (unpaired) electrons. The molecule has 28 heavy (non-hydrogen) atoms. The third-order valence-electron chi connectivity index (χ3n) is 4.64. The van der Waals surface area contributed by atoms with Crippen molar-refractivity contribution in [3.63, 3.8) is 0 Å². The number of aromatic nitrogens is 1. The number of rotatable bonds is 5. The minimum absolute atomic E-state index is 0.152. The molecule has 0 aliphatic carbocycles. The van der Waals surface area contributed by atoms with Crippen LogP contribution in [-0.4, -0.2) is 47.8 Å². The molecule has 0 spiro atoms. The summed E-state index contributed by atoms with van der Waals surface area (Å²) in [5.41, 5.74) is -0.0953. The molecule has 1 fully saturated rings. The first-order chi connectivity index (χ1) is 12.8. The Labute approximate surface area is 167 Å². The second-order valence-electron chi connectivity index (χ2n) is 8.77. The van der Waals surface area contributed by atoms with Gasteiger partial charge in [-0.15, -0.1) is 0 Å². The van der Waals surface area contributed by atoms with Gasteiger partial charge in [0.1, 0.15) is 11.3 Å². The first-order valence-electron chi connectivity index (χ1n) is 9.28. The maximum Gasteiger partial charge on any atom is 0.492 e. The van der Waals surface area contributed by atoms with E-state index in [1.54, 1.807) is 45.0 Å². The van der Waals surface area contributed by atoms with Crippen LogP contribution in [0.15, 0.2) is 23.7 Å². The third-order valence-corrected chi connectivity index (χ3v) is 4.64. The number of carbonyl (C=O) groups is 2. The second kappa shape index (κ2) is 8.05. The minimum Gasteiger partial charge on any atom is -0.444 e. The summed E-state index contributed by atoms with van der Waals surface area (Å²) in [5.74, 6) is 0. The zero-order valence-electron chi connectivity index (χ0n) is 17.7. The van der Waals surface area contributed by atoms with E-state index in [1.165, 1.54) is 0 Å². The number of nitrogens with zero attached hydrogens (tertiary/aromatic N) is 1. The molecule has 0 unspecified atom stereocenters. The van der Waals surface area contributed by atoms with Gasteiger partial charge >= 0.3 is 13.2 Å². The van der Waals surface area contributed by atoms with E-state index in [0.29, 0.717) is 23.1 Å². The number of alkyl carbamates (subject to hydrolysis) is 1. The van der Waals surface area contributed by atoms with Crippen molar-refractivity contribution in [3.8, 4) is 0 Å². The summed E-state index contributed by atoms with van der Waals surface area (Å²) in [7, 11) is -0.665. The molecule has 2 heterocycles. The van der Waals surface area contributed by atoms with Gasteiger partial charge in [0.25, 0.3) is 0 Å². The highest BCUT2D eigenvalue weighted by atomic mass is 16.7. The van der Waals surface area contributed by atoms with E-state index in [-0.39, 0.29) is 6.54 Å². The number of nitrogens with one attached hydrogen (secondary N) is 1. The van der Waals surface area contributed by atoms with Crippen LogP contribution in [0.1, 0.15) is 64.6 Å². The van der Waals surface area contributed by atoms with Crippen LogP contribution >= 0.6 is 0 Å². The molecule has 0 saturated carbocycles. The fourth-order valence-corrected chi connectivity index (χ4v) is 2.49. The van der Waals surface area contributed by atoms with E-state index in [2.05, 4.69) is 10.3 Å². The van der Waals surface area contributed by atoms with Gasteiger partial charge in [0.2, 0.25) is 0 Å². The summed E-state index contributed by atoms with van der Waals surface area (Å²) < 4.78 is 17.5. The summed E-state index contributed by atoms with van der Waals surface area (Å²) >= 11 is 0. The van der Waals surface area contributed by atoms with Gasteiger partial charge in [-0.1, -0.05) is 6.07 Å². The molecule has 0 aromatic carbocycles. The number of carbonyl (C=O) groups excluding carboxylic acids is 2. The molecule has 1 N–H and O–H groups in total. The van der Waals surface area contributed by atoms with Crippen LogP contribution < -0.4 is 5.32 Å². The van der Waals surface area contributed by atoms with Gasteiger partial charge in [-0.2, -0.15) is 0 Å². The number of hydrogen-bond acceptors (Lipinski definition) is 6. The van der Waals surface area contributed by atoms with Crippen LogP contribution in [0.2, 0.25) is 0 Å². The molecule has 1 saturated heterocycles. The van der Waals surface area contributed by atoms with Crippen molar-refractivity contribution in [3.05, 3.63) is 35.1 Å². The largest absolute Gasteiger partial charge is 0.492 e. The summed E-state index contributed by atoms with van der Waals surface area (Å²) in [4.78, 5) is 27.4. The lowest BCUT2D eigenvalue weighted by Crippen LogP contribution is -2.41. The molecule has 1 amide bonds. The number of hydrogen-bond donors (Lipinski definition) is 1. The Kier molecular flexibility index (Phi) is 6.36. The van der Waals surface area contributed by atoms with Gasteiger partial charge in [-0.05, 0) is 72.1 Å². The average Bonchev–Trinajstić information content (AvgIpc) is 2.77. The van der Waals surface area contributed by atoms with Crippen LogP contribution in [-0.2, 0) is 14.0 Å². The van der Waals surface area contributed by atoms with E-state index in [0.717, 1.165) is 0 Å². The molecule has 2 rings (SSSR count). The Morgan fingerprint density at radius 1 is 1.18 bits per heavy atom. The van der Waals surface area contributed by atoms with E-state index >= 15 is 0 Å². The standard InChI is InChI=1S/C20H29BN2O5/c1-18(2,3)26-17(25)22-12-14(11-15-9-8-10-16(13-24)23-15)21-27-19(4,5)20(6,7)28-21/h8-11,13H,12H2,1-7H3,(H,22,25). The van der Waals surface area contributed by atoms with Gasteiger partial charge in [-0.3, -0.25) is 4.79 Å². The fraction of sp³-hybridized carbons (Fsp3) is 0.550. The molecule has 1 aromatic rings. The smallest absolute Gasteiger partial charge is 0.444 e. The van der Waals surface area contributed by atoms with Crippen molar-refractivity contribution in [1.82, 2.24) is 10.3 Å². The molecule has 7 nitrogen and oxygen atoms in total. The molecular formula is C20H29BN2O5. The zero-order valence-corrected chi connectivity index (χ0v) is 17.7. The number of pyridine rings is 1. The maximum atomic E-state index is 12.1. The number of aldehydes is 1. The Bertz CT molecular complexity index is 752. The van der Waals surface area contributed by atoms with Crippen LogP contribution in [0.3, 0.4) is 0 Å². The van der Waals surface area contributed by atoms with Gasteiger partial charge in [-0.25, -0.2) is 9.78 Å². The molecule has 0 bridgehead atoms. The van der Waals surface area contributed by atoms with E-state index in [9.17, 15) is 9.59 Å². The van der Waals surface area contributed by atoms with Gasteiger partial charge in [0.05, 0.1) is 16.9 Å². The monoisotopic (exact) mass is 388 g/mol. The summed E-state index contributed by atoms with van der Waals surface area (Å²) in [5, 5.41) is 2.73. The van der Waals surface area contributed by atoms with Gasteiger partial charge in [0, 0.05) is 6.54 Å². The van der Waals surface area contributed by atoms with Crippen molar-refractivity contribution < 1.29 is 23.6 Å². The van der Waals surface area contributed by atoms with Gasteiger partial charge in [0.15, 0.2) is 6.29 Å². The van der Waals surface area contributed by atoms with Gasteiger partial charge < -0.3 is 19.4 Å². The van der Waals surface area contributed by atoms with E-state index in [1.807, 2.05) is 27.7 Å². The second-order valence-corrected chi connectivity index (χ2v) is 8.77. The summed E-state index contributed by atoms with van der Waals surface area (Å²) in [6.45, 7) is 13.4. The third kappa shape index (κ3) is 5.66. The lowest BCUT2D eigenvalue weighted by Gasteiger charge is -2.32. The lowest BCUT2D eigenvalue weighted by atomic mass is 9.77. The Morgan fingerprint density at radius 2 is 1.75 bits per heavy atom. The summed E-state index contributed by atoms with van der Waals surface area (Å²) in [6, 6.07) is 5.13. The lowest BCUT2D eigenvalue weighted by molar-refractivity contribution is 0.00578. The van der Waals surface area contributed by atoms with Crippen molar-refractivity contribution in [2.24, 2.45) is 0 Å². The van der Waals surface area contributed by atoms with Crippen LogP contribution in [0, 0.1) is 0 Å². The molecule has 1 aromatic heterocycles. The summed E-state index contributed by atoms with van der Waals surface area (Å²) in [6.07, 6.45) is 1.90. The molecule has 1 aliphatic rings. The first kappa shape index (κ1) is 22.1. The van der Waals surface area contributed by atoms with Crippen molar-refractivity contribution in [1.29, 1.82) is 0 Å². The van der Waals surface area contributed by atoms with Crippen LogP contribution in [0.5, 0.6) is 0 Å². The zero-order chi connectivity index (χ0) is 21.2. The van der Waals surface area contributed by atoms with Crippen LogP contribution in [0.4, 0.5) is 4.79 Å². The quantitative estimate of drug-likeness (QED) is 0.614. The normalized spacial score (nSPS) is 18.7. The Hall–Kier alpha value is -2.19. The minimum atomic E-state index is -0.665. The topological polar surface area (TPSA) is 86.8 Å². The van der Waals surface area contributed by atoms with Crippen molar-refractivity contribution >= 4 is 25.6 Å². The molecule has 152 valence electrons. The predicted octanol–water partition coefficient (Wildman–Crippen LogP) is 3.43. The highest BCUT2D eigenvalue weighted by Gasteiger charge is 2.52. The predicted molar refractivity (Wildman–Crippen MR) is 108 cm³/mol. The molecule has 8 heteroatoms. The van der Waals surface area contributed by atoms with Crippen molar-refractivity contribution in [2.45, 2.75) is 65.3 Å². The fourth-order valence-electron chi connectivity index (χ4n) is 2.49. The van der Waals surface area contributed by atoms with Crippen LogP contribution in [0.25, 0.3) is 6.08 Å². The maximum absolute atomic E-state index is 12.1. The highest BCUT2D eigenvalue weighted by molar-refractivity contribution is 6.56. The molecule has 0 atom stereocenters. The number of amides is 1. The SMILES string of the molecule is CC(C)(C)OC(=O)NCC(=Cc1cccc(C=O)n1)B1OC(C)(C)C(C)(C)O1. The molecular weight excluding hydrogens is 359 g/mol. The highest BCUT2D eigenvalue weighted by Crippen LogP contribution is 2.38. The van der Waals surface area contributed by atoms with Crippen molar-refractivity contribution in [2.75, 3.05) is 6.54 Å². The van der Waals surface area contributed by atoms with E-state index < -0.39 is 30.0 Å². The number of ether oxygens (including phenoxy) is 1. The Balaban J connectivity index is 2.27. The Morgan fingerprint density at radius 3 is 2.29 bits per heavy atom. The van der Waals surface area contributed by atoms with E-state index in [4.69, 9.17) is 14.0 Å². The average molecular weight is 388 g/mol. The molecule has 1 aliphatic heterocycles. The first-order valence-corrected chi connectivity index (χ1v) is 9.28.